The molecule has 3 aromatic carbocycles. The van der Waals surface area contributed by atoms with Gasteiger partial charge in [0.25, 0.3) is 11.8 Å². The van der Waals surface area contributed by atoms with Crippen LogP contribution in [0.5, 0.6) is 11.5 Å². The topological polar surface area (TPSA) is 94.2 Å². The number of allylic oxidation sites excluding steroid dienone is 1. The van der Waals surface area contributed by atoms with Crippen molar-refractivity contribution >= 4 is 23.9 Å². The highest BCUT2D eigenvalue weighted by molar-refractivity contribution is 6.16. The molecule has 1 N–H and O–H groups in total. The summed E-state index contributed by atoms with van der Waals surface area (Å²) in [6, 6.07) is 23.9. The summed E-state index contributed by atoms with van der Waals surface area (Å²) in [5, 5.41) is 2.91. The molecule has 0 saturated heterocycles. The lowest BCUT2D eigenvalue weighted by Crippen LogP contribution is -2.31. The first-order valence-electron chi connectivity index (χ1n) is 12.8. The third-order valence-corrected chi connectivity index (χ3v) is 6.64. The van der Waals surface area contributed by atoms with Gasteiger partial charge in [-0.15, -0.1) is 0 Å². The van der Waals surface area contributed by atoms with Gasteiger partial charge in [0.2, 0.25) is 0 Å². The Morgan fingerprint density at radius 1 is 0.925 bits per heavy atom. The standard InChI is InChI=1S/C32H32N2O6/c1-21(25-8-6-5-7-9-25)33-29(35)20-40-27-16-10-23(11-17-27)18-28-30(32(37)39-4)22(2)34(31(28)36)19-24-12-14-26(38-3)15-13-24/h5-18,21H,19-20H2,1-4H3,(H,33,35)/b28-18-/t21-/m1/s1. The van der Waals surface area contributed by atoms with Crippen molar-refractivity contribution < 1.29 is 28.6 Å². The number of esters is 1. The van der Waals surface area contributed by atoms with Gasteiger partial charge in [-0.2, -0.15) is 0 Å². The SMILES string of the molecule is COC(=O)C1=C(C)N(Cc2ccc(OC)cc2)C(=O)/C1=C\c1ccc(OCC(=O)N[C@H](C)c2ccccc2)cc1. The number of amides is 2. The smallest absolute Gasteiger partial charge is 0.340 e. The lowest BCUT2D eigenvalue weighted by atomic mass is 10.0. The molecule has 1 aliphatic rings. The molecule has 0 fully saturated rings. The maximum absolute atomic E-state index is 13.4. The van der Waals surface area contributed by atoms with E-state index in [-0.39, 0.29) is 35.6 Å². The first-order valence-corrected chi connectivity index (χ1v) is 12.8. The first kappa shape index (κ1) is 28.2. The Hall–Kier alpha value is -4.85. The Labute approximate surface area is 233 Å². The zero-order chi connectivity index (χ0) is 28.6. The summed E-state index contributed by atoms with van der Waals surface area (Å²) in [7, 11) is 2.88. The Morgan fingerprint density at radius 3 is 2.20 bits per heavy atom. The average Bonchev–Trinajstić information content (AvgIpc) is 3.21. The molecule has 0 bridgehead atoms. The van der Waals surface area contributed by atoms with E-state index in [1.54, 1.807) is 49.3 Å². The summed E-state index contributed by atoms with van der Waals surface area (Å²) in [4.78, 5) is 40.0. The average molecular weight is 541 g/mol. The van der Waals surface area contributed by atoms with Gasteiger partial charge < -0.3 is 24.4 Å². The van der Waals surface area contributed by atoms with Crippen LogP contribution in [0.3, 0.4) is 0 Å². The van der Waals surface area contributed by atoms with Crippen LogP contribution in [0, 0.1) is 0 Å². The van der Waals surface area contributed by atoms with Crippen LogP contribution in [0.4, 0.5) is 0 Å². The number of methoxy groups -OCH3 is 2. The minimum atomic E-state index is -0.579. The highest BCUT2D eigenvalue weighted by Crippen LogP contribution is 2.33. The van der Waals surface area contributed by atoms with Crippen LogP contribution in [-0.2, 0) is 25.7 Å². The van der Waals surface area contributed by atoms with Gasteiger partial charge in [0, 0.05) is 5.70 Å². The van der Waals surface area contributed by atoms with E-state index in [4.69, 9.17) is 14.2 Å². The van der Waals surface area contributed by atoms with Gasteiger partial charge in [-0.3, -0.25) is 9.59 Å². The second-order valence-electron chi connectivity index (χ2n) is 9.31. The second kappa shape index (κ2) is 12.8. The Bertz CT molecular complexity index is 1430. The highest BCUT2D eigenvalue weighted by Gasteiger charge is 2.37. The lowest BCUT2D eigenvalue weighted by Gasteiger charge is -2.18. The molecule has 0 aliphatic carbocycles. The van der Waals surface area contributed by atoms with E-state index in [2.05, 4.69) is 5.32 Å². The summed E-state index contributed by atoms with van der Waals surface area (Å²) < 4.78 is 15.8. The van der Waals surface area contributed by atoms with E-state index < -0.39 is 5.97 Å². The summed E-state index contributed by atoms with van der Waals surface area (Å²) in [6.07, 6.45) is 1.66. The van der Waals surface area contributed by atoms with E-state index in [9.17, 15) is 14.4 Å². The van der Waals surface area contributed by atoms with Crippen molar-refractivity contribution in [3.63, 3.8) is 0 Å². The first-order chi connectivity index (χ1) is 19.3. The second-order valence-corrected chi connectivity index (χ2v) is 9.31. The maximum atomic E-state index is 13.4. The molecule has 0 radical (unpaired) electrons. The summed E-state index contributed by atoms with van der Waals surface area (Å²) in [6.45, 7) is 3.81. The number of hydrogen-bond acceptors (Lipinski definition) is 6. The Balaban J connectivity index is 1.44. The van der Waals surface area contributed by atoms with Gasteiger partial charge in [0.15, 0.2) is 6.61 Å². The van der Waals surface area contributed by atoms with Crippen molar-refractivity contribution in [3.05, 3.63) is 112 Å². The summed E-state index contributed by atoms with van der Waals surface area (Å²) in [5.41, 5.74) is 3.59. The molecule has 0 spiro atoms. The van der Waals surface area contributed by atoms with Crippen molar-refractivity contribution in [1.82, 2.24) is 10.2 Å². The molecule has 8 heteroatoms. The molecule has 8 nitrogen and oxygen atoms in total. The van der Waals surface area contributed by atoms with Crippen LogP contribution >= 0.6 is 0 Å². The number of nitrogens with zero attached hydrogens (tertiary/aromatic N) is 1. The molecule has 40 heavy (non-hydrogen) atoms. The van der Waals surface area contributed by atoms with E-state index in [0.29, 0.717) is 23.6 Å². The molecule has 0 aromatic heterocycles. The molecule has 206 valence electrons. The largest absolute Gasteiger partial charge is 0.497 e. The number of carbonyl (C=O) groups excluding carboxylic acids is 3. The van der Waals surface area contributed by atoms with E-state index in [1.807, 2.05) is 61.5 Å². The fraction of sp³-hybridized carbons (Fsp3) is 0.219. The van der Waals surface area contributed by atoms with Gasteiger partial charge >= 0.3 is 5.97 Å². The maximum Gasteiger partial charge on any atom is 0.340 e. The number of benzene rings is 3. The molecule has 1 atom stereocenters. The van der Waals surface area contributed by atoms with Gasteiger partial charge in [0.1, 0.15) is 11.5 Å². The minimum Gasteiger partial charge on any atom is -0.497 e. The van der Waals surface area contributed by atoms with Crippen molar-refractivity contribution in [1.29, 1.82) is 0 Å². The monoisotopic (exact) mass is 540 g/mol. The predicted molar refractivity (Wildman–Crippen MR) is 151 cm³/mol. The molecule has 2 amide bonds. The number of hydrogen-bond donors (Lipinski definition) is 1. The third-order valence-electron chi connectivity index (χ3n) is 6.64. The van der Waals surface area contributed by atoms with Crippen LogP contribution < -0.4 is 14.8 Å². The highest BCUT2D eigenvalue weighted by atomic mass is 16.5. The molecule has 1 heterocycles. The van der Waals surface area contributed by atoms with Crippen LogP contribution in [0.2, 0.25) is 0 Å². The van der Waals surface area contributed by atoms with Gasteiger partial charge in [-0.25, -0.2) is 4.79 Å². The van der Waals surface area contributed by atoms with Crippen LogP contribution in [0.15, 0.2) is 95.7 Å². The van der Waals surface area contributed by atoms with Crippen molar-refractivity contribution in [3.8, 4) is 11.5 Å². The van der Waals surface area contributed by atoms with E-state index >= 15 is 0 Å². The van der Waals surface area contributed by atoms with Crippen molar-refractivity contribution in [2.45, 2.75) is 26.4 Å². The summed E-state index contributed by atoms with van der Waals surface area (Å²) in [5.74, 6) is 0.112. The number of rotatable bonds is 10. The lowest BCUT2D eigenvalue weighted by molar-refractivity contribution is -0.136. The summed E-state index contributed by atoms with van der Waals surface area (Å²) >= 11 is 0. The molecule has 1 aliphatic heterocycles. The van der Waals surface area contributed by atoms with Crippen molar-refractivity contribution in [2.75, 3.05) is 20.8 Å². The predicted octanol–water partition coefficient (Wildman–Crippen LogP) is 4.82. The van der Waals surface area contributed by atoms with Gasteiger partial charge in [-0.1, -0.05) is 54.6 Å². The van der Waals surface area contributed by atoms with Gasteiger partial charge in [-0.05, 0) is 60.9 Å². The Morgan fingerprint density at radius 2 is 1.57 bits per heavy atom. The fourth-order valence-electron chi connectivity index (χ4n) is 4.42. The molecular formula is C32H32N2O6. The fourth-order valence-corrected chi connectivity index (χ4v) is 4.42. The quantitative estimate of drug-likeness (QED) is 0.293. The molecule has 0 unspecified atom stereocenters. The van der Waals surface area contributed by atoms with Crippen LogP contribution in [-0.4, -0.2) is 43.5 Å². The molecule has 0 saturated carbocycles. The number of ether oxygens (including phenoxy) is 3. The number of nitrogens with one attached hydrogen (secondary N) is 1. The zero-order valence-corrected chi connectivity index (χ0v) is 23.0. The molecule has 4 rings (SSSR count). The third kappa shape index (κ3) is 6.58. The van der Waals surface area contributed by atoms with Crippen LogP contribution in [0.1, 0.15) is 36.6 Å². The van der Waals surface area contributed by atoms with Crippen LogP contribution in [0.25, 0.3) is 6.08 Å². The van der Waals surface area contributed by atoms with E-state index in [1.165, 1.54) is 7.11 Å². The molecule has 3 aromatic rings. The Kier molecular flexibility index (Phi) is 9.01. The zero-order valence-electron chi connectivity index (χ0n) is 23.0. The van der Waals surface area contributed by atoms with E-state index in [0.717, 1.165) is 16.9 Å². The van der Waals surface area contributed by atoms with Gasteiger partial charge in [0.05, 0.1) is 38.0 Å². The molecular weight excluding hydrogens is 508 g/mol. The normalized spacial score (nSPS) is 14.8. The minimum absolute atomic E-state index is 0.134. The van der Waals surface area contributed by atoms with Crippen molar-refractivity contribution in [2.24, 2.45) is 0 Å². The number of carbonyl (C=O) groups is 3.